The zero-order valence-electron chi connectivity index (χ0n) is 15.4. The van der Waals surface area contributed by atoms with Gasteiger partial charge in [-0.1, -0.05) is 12.1 Å². The molecule has 0 spiro atoms. The third-order valence-corrected chi connectivity index (χ3v) is 4.35. The Morgan fingerprint density at radius 1 is 1.18 bits per heavy atom. The Labute approximate surface area is 185 Å². The van der Waals surface area contributed by atoms with Crippen molar-refractivity contribution in [3.8, 4) is 11.6 Å². The van der Waals surface area contributed by atoms with E-state index in [0.29, 0.717) is 24.7 Å². The van der Waals surface area contributed by atoms with Gasteiger partial charge in [0, 0.05) is 31.4 Å². The maximum Gasteiger partial charge on any atom is 0.219 e. The third-order valence-electron chi connectivity index (χ3n) is 3.62. The maximum absolute atomic E-state index is 13.2. The van der Waals surface area contributed by atoms with Gasteiger partial charge in [-0.25, -0.2) is 14.4 Å². The molecule has 2 heterocycles. The average molecular weight is 512 g/mol. The summed E-state index contributed by atoms with van der Waals surface area (Å²) < 4.78 is 18.8. The first kappa shape index (κ1) is 22.1. The number of halogens is 2. The van der Waals surface area contributed by atoms with Crippen LogP contribution in [-0.2, 0) is 13.1 Å². The summed E-state index contributed by atoms with van der Waals surface area (Å²) in [4.78, 5) is 8.84. The summed E-state index contributed by atoms with van der Waals surface area (Å²) in [5, 5.41) is 10.7. The van der Waals surface area contributed by atoms with Gasteiger partial charge in [-0.15, -0.1) is 24.0 Å². The molecule has 0 saturated carbocycles. The number of aromatic nitrogens is 1. The highest BCUT2D eigenvalue weighted by Crippen LogP contribution is 2.20. The second kappa shape index (κ2) is 11.6. The Morgan fingerprint density at radius 2 is 2.07 bits per heavy atom. The van der Waals surface area contributed by atoms with Gasteiger partial charge in [0.1, 0.15) is 11.6 Å². The van der Waals surface area contributed by atoms with E-state index in [1.54, 1.807) is 35.7 Å². The highest BCUT2D eigenvalue weighted by Gasteiger charge is 2.03. The second-order valence-corrected chi connectivity index (χ2v) is 6.52. The molecule has 0 radical (unpaired) electrons. The summed E-state index contributed by atoms with van der Waals surface area (Å²) in [5.74, 6) is 1.25. The van der Waals surface area contributed by atoms with Crippen LogP contribution in [0.3, 0.4) is 0 Å². The largest absolute Gasteiger partial charge is 0.439 e. The summed E-state index contributed by atoms with van der Waals surface area (Å²) in [7, 11) is 0. The second-order valence-electron chi connectivity index (χ2n) is 5.74. The van der Waals surface area contributed by atoms with Crippen LogP contribution in [0.25, 0.3) is 0 Å². The van der Waals surface area contributed by atoms with Gasteiger partial charge >= 0.3 is 0 Å². The molecule has 0 saturated heterocycles. The number of guanidine groups is 1. The molecule has 3 rings (SSSR count). The number of nitrogens with zero attached hydrogens (tertiary/aromatic N) is 2. The standard InChI is InChI=1S/C20H21FN4OS.HI/c1-2-22-20(25-13-16-8-9-27-14-16)24-12-15-6-7-19(23-11-15)26-18-5-3-4-17(21)10-18;/h3-11,14H,2,12-13H2,1H3,(H2,22,24,25);1H. The van der Waals surface area contributed by atoms with Crippen LogP contribution in [0.1, 0.15) is 18.1 Å². The smallest absolute Gasteiger partial charge is 0.219 e. The van der Waals surface area contributed by atoms with Gasteiger partial charge in [-0.2, -0.15) is 11.3 Å². The average Bonchev–Trinajstić information content (AvgIpc) is 3.19. The molecule has 2 N–H and O–H groups in total. The molecule has 0 aliphatic carbocycles. The fourth-order valence-electron chi connectivity index (χ4n) is 2.31. The van der Waals surface area contributed by atoms with Gasteiger partial charge in [0.2, 0.25) is 5.88 Å². The normalized spacial score (nSPS) is 10.9. The lowest BCUT2D eigenvalue weighted by atomic mass is 10.3. The van der Waals surface area contributed by atoms with Crippen molar-refractivity contribution in [1.82, 2.24) is 15.6 Å². The number of pyridine rings is 1. The van der Waals surface area contributed by atoms with Gasteiger partial charge in [-0.3, -0.25) is 0 Å². The zero-order valence-corrected chi connectivity index (χ0v) is 18.5. The molecular weight excluding hydrogens is 490 g/mol. The van der Waals surface area contributed by atoms with Crippen molar-refractivity contribution >= 4 is 41.3 Å². The van der Waals surface area contributed by atoms with Gasteiger partial charge in [0.15, 0.2) is 5.96 Å². The molecule has 148 valence electrons. The van der Waals surface area contributed by atoms with Crippen LogP contribution in [0.15, 0.2) is 64.4 Å². The van der Waals surface area contributed by atoms with Crippen molar-refractivity contribution < 1.29 is 9.13 Å². The first-order valence-corrected chi connectivity index (χ1v) is 9.59. The minimum absolute atomic E-state index is 0. The Kier molecular flexibility index (Phi) is 9.15. The van der Waals surface area contributed by atoms with E-state index in [2.05, 4.69) is 32.1 Å². The maximum atomic E-state index is 13.2. The van der Waals surface area contributed by atoms with Crippen molar-refractivity contribution in [3.63, 3.8) is 0 Å². The number of hydrogen-bond donors (Lipinski definition) is 2. The van der Waals surface area contributed by atoms with E-state index >= 15 is 0 Å². The summed E-state index contributed by atoms with van der Waals surface area (Å²) in [6, 6.07) is 11.7. The Balaban J connectivity index is 0.00000280. The molecule has 0 aliphatic rings. The van der Waals surface area contributed by atoms with Crippen molar-refractivity contribution in [2.75, 3.05) is 6.54 Å². The summed E-state index contributed by atoms with van der Waals surface area (Å²) >= 11 is 1.67. The first-order valence-electron chi connectivity index (χ1n) is 8.64. The van der Waals surface area contributed by atoms with Crippen molar-refractivity contribution in [3.05, 3.63) is 76.4 Å². The molecule has 2 aromatic heterocycles. The summed E-state index contributed by atoms with van der Waals surface area (Å²) in [6.45, 7) is 4.04. The summed E-state index contributed by atoms with van der Waals surface area (Å²) in [6.07, 6.45) is 1.73. The lowest BCUT2D eigenvalue weighted by Gasteiger charge is -2.11. The van der Waals surface area contributed by atoms with Crippen LogP contribution < -0.4 is 15.4 Å². The number of ether oxygens (including phenoxy) is 1. The van der Waals surface area contributed by atoms with Crippen molar-refractivity contribution in [2.24, 2.45) is 4.99 Å². The van der Waals surface area contributed by atoms with Gasteiger partial charge < -0.3 is 15.4 Å². The Morgan fingerprint density at radius 3 is 2.75 bits per heavy atom. The lowest BCUT2D eigenvalue weighted by Crippen LogP contribution is -2.36. The van der Waals surface area contributed by atoms with Crippen molar-refractivity contribution in [1.29, 1.82) is 0 Å². The van der Waals surface area contributed by atoms with Crippen LogP contribution in [0.4, 0.5) is 4.39 Å². The number of aliphatic imine (C=N–C) groups is 1. The van der Waals surface area contributed by atoms with E-state index in [1.165, 1.54) is 17.7 Å². The van der Waals surface area contributed by atoms with Crippen LogP contribution in [-0.4, -0.2) is 17.5 Å². The third kappa shape index (κ3) is 7.08. The molecule has 0 atom stereocenters. The van der Waals surface area contributed by atoms with Crippen molar-refractivity contribution in [2.45, 2.75) is 20.0 Å². The molecule has 0 bridgehead atoms. The fourth-order valence-corrected chi connectivity index (χ4v) is 2.97. The number of nitrogens with one attached hydrogen (secondary N) is 2. The molecule has 5 nitrogen and oxygen atoms in total. The molecule has 8 heteroatoms. The number of rotatable bonds is 7. The zero-order chi connectivity index (χ0) is 18.9. The van der Waals surface area contributed by atoms with Crippen LogP contribution in [0.2, 0.25) is 0 Å². The Bertz CT molecular complexity index is 872. The van der Waals surface area contributed by atoms with E-state index in [0.717, 1.165) is 18.1 Å². The lowest BCUT2D eigenvalue weighted by molar-refractivity contribution is 0.457. The van der Waals surface area contributed by atoms with E-state index < -0.39 is 0 Å². The molecule has 0 unspecified atom stereocenters. The van der Waals surface area contributed by atoms with E-state index in [-0.39, 0.29) is 29.8 Å². The van der Waals surface area contributed by atoms with E-state index in [4.69, 9.17) is 4.74 Å². The predicted molar refractivity (Wildman–Crippen MR) is 122 cm³/mol. The SMILES string of the molecule is CCNC(=NCc1ccsc1)NCc1ccc(Oc2cccc(F)c2)nc1.I. The topological polar surface area (TPSA) is 58.5 Å². The molecule has 1 aromatic carbocycles. The highest BCUT2D eigenvalue weighted by molar-refractivity contribution is 14.0. The monoisotopic (exact) mass is 512 g/mol. The molecule has 3 aromatic rings. The number of benzene rings is 1. The molecule has 28 heavy (non-hydrogen) atoms. The number of hydrogen-bond acceptors (Lipinski definition) is 4. The molecule has 0 amide bonds. The van der Waals surface area contributed by atoms with E-state index in [1.807, 2.05) is 18.4 Å². The van der Waals surface area contributed by atoms with Crippen LogP contribution >= 0.6 is 35.3 Å². The number of thiophene rings is 1. The predicted octanol–water partition coefficient (Wildman–Crippen LogP) is 4.95. The first-order chi connectivity index (χ1) is 13.2. The molecule has 0 fully saturated rings. The molecular formula is C20H22FIN4OS. The van der Waals surface area contributed by atoms with E-state index in [9.17, 15) is 4.39 Å². The summed E-state index contributed by atoms with van der Waals surface area (Å²) in [5.41, 5.74) is 2.18. The highest BCUT2D eigenvalue weighted by atomic mass is 127. The molecule has 0 aliphatic heterocycles. The van der Waals surface area contributed by atoms with Gasteiger partial charge in [-0.05, 0) is 47.0 Å². The fraction of sp³-hybridized carbons (Fsp3) is 0.200. The minimum Gasteiger partial charge on any atom is -0.439 e. The van der Waals surface area contributed by atoms with Gasteiger partial charge in [0.05, 0.1) is 6.54 Å². The Hall–Kier alpha value is -2.20. The van der Waals surface area contributed by atoms with Crippen LogP contribution in [0.5, 0.6) is 11.6 Å². The quantitative estimate of drug-likeness (QED) is 0.267. The minimum atomic E-state index is -0.342. The van der Waals surface area contributed by atoms with Gasteiger partial charge in [0.25, 0.3) is 0 Å². The van der Waals surface area contributed by atoms with Crippen LogP contribution in [0, 0.1) is 5.82 Å².